The zero-order valence-corrected chi connectivity index (χ0v) is 36.9. The highest BCUT2D eigenvalue weighted by molar-refractivity contribution is 6.08. The maximum absolute atomic E-state index is 5.53. The van der Waals surface area contributed by atoms with E-state index in [1.807, 2.05) is 18.2 Å². The molecule has 0 fully saturated rings. The molecule has 0 saturated heterocycles. The minimum atomic E-state index is -0.562. The minimum Gasteiger partial charge on any atom is -0.231 e. The summed E-state index contributed by atoms with van der Waals surface area (Å²) in [5, 5.41) is 7.82. The summed E-state index contributed by atoms with van der Waals surface area (Å²) in [4.78, 5) is 15.9. The predicted molar refractivity (Wildman–Crippen MR) is 276 cm³/mol. The number of hydrogen-bond donors (Lipinski definition) is 0. The van der Waals surface area contributed by atoms with Gasteiger partial charge in [0.05, 0.1) is 16.6 Å². The third-order valence-electron chi connectivity index (χ3n) is 13.5. The largest absolute Gasteiger partial charge is 0.231 e. The van der Waals surface area contributed by atoms with Gasteiger partial charge in [0, 0.05) is 38.8 Å². The Bertz CT molecular complexity index is 3790. The predicted octanol–water partition coefficient (Wildman–Crippen LogP) is 15.0. The Labute approximate surface area is 394 Å². The van der Waals surface area contributed by atoms with Crippen molar-refractivity contribution in [3.8, 4) is 78.9 Å². The van der Waals surface area contributed by atoms with Crippen molar-refractivity contribution in [1.29, 1.82) is 0 Å². The second-order valence-electron chi connectivity index (χ2n) is 17.4. The quantitative estimate of drug-likeness (QED) is 0.153. The van der Waals surface area contributed by atoms with Crippen LogP contribution in [0.3, 0.4) is 0 Å². The number of benzene rings is 9. The highest BCUT2D eigenvalue weighted by atomic mass is 15.2. The minimum absolute atomic E-state index is 0.562. The molecule has 68 heavy (non-hydrogen) atoms. The Morgan fingerprint density at radius 2 is 0.838 bits per heavy atom. The van der Waals surface area contributed by atoms with Crippen molar-refractivity contribution in [2.75, 3.05) is 0 Å². The fourth-order valence-electron chi connectivity index (χ4n) is 10.5. The standard InChI is InChI=1S/C63H41N5/c1-6-21-42(22-7-1)56-41-45-27-16-17-34-51(45)59-57(43-23-8-2-9-24-43)58(67-68(56)59)46-28-20-29-47(39-46)61-64-60(44-25-10-3-11-26-44)65-62(66-61)48-37-38-53-52-35-18-19-36-54(52)63(55(53)40-48,49-30-12-4-13-31-49)50-32-14-5-15-33-50/h1-41H. The third-order valence-corrected chi connectivity index (χ3v) is 13.5. The first kappa shape index (κ1) is 39.3. The van der Waals surface area contributed by atoms with Crippen LogP contribution in [0, 0.1) is 0 Å². The summed E-state index contributed by atoms with van der Waals surface area (Å²) in [5.41, 5.74) is 16.6. The summed E-state index contributed by atoms with van der Waals surface area (Å²) < 4.78 is 2.13. The first-order chi connectivity index (χ1) is 33.7. The summed E-state index contributed by atoms with van der Waals surface area (Å²) in [6, 6.07) is 88.0. The van der Waals surface area contributed by atoms with Crippen molar-refractivity contribution in [1.82, 2.24) is 24.6 Å². The molecule has 0 bridgehead atoms. The molecular formula is C63H41N5. The van der Waals surface area contributed by atoms with Crippen molar-refractivity contribution in [3.63, 3.8) is 0 Å². The molecule has 9 aromatic carbocycles. The molecule has 1 aliphatic carbocycles. The number of nitrogens with zero attached hydrogens (tertiary/aromatic N) is 5. The monoisotopic (exact) mass is 867 g/mol. The lowest BCUT2D eigenvalue weighted by Crippen LogP contribution is -2.28. The molecule has 0 unspecified atom stereocenters. The van der Waals surface area contributed by atoms with Gasteiger partial charge in [-0.2, -0.15) is 5.10 Å². The van der Waals surface area contributed by atoms with E-state index in [9.17, 15) is 0 Å². The van der Waals surface area contributed by atoms with E-state index in [0.29, 0.717) is 17.5 Å². The Balaban J connectivity index is 1.02. The van der Waals surface area contributed by atoms with E-state index in [2.05, 4.69) is 235 Å². The van der Waals surface area contributed by atoms with E-state index < -0.39 is 5.41 Å². The summed E-state index contributed by atoms with van der Waals surface area (Å²) >= 11 is 0. The van der Waals surface area contributed by atoms with Crippen molar-refractivity contribution < 1.29 is 0 Å². The van der Waals surface area contributed by atoms with Gasteiger partial charge in [-0.15, -0.1) is 0 Å². The lowest BCUT2D eigenvalue weighted by molar-refractivity contribution is 0.768. The number of rotatable bonds is 8. The number of fused-ring (bicyclic) bond motifs is 6. The maximum Gasteiger partial charge on any atom is 0.164 e. The van der Waals surface area contributed by atoms with E-state index in [-0.39, 0.29) is 0 Å². The van der Waals surface area contributed by atoms with Crippen LogP contribution in [0.1, 0.15) is 22.3 Å². The Hall–Kier alpha value is -9.06. The smallest absolute Gasteiger partial charge is 0.164 e. The molecule has 5 nitrogen and oxygen atoms in total. The topological polar surface area (TPSA) is 56.0 Å². The first-order valence-electron chi connectivity index (χ1n) is 23.1. The Morgan fingerprint density at radius 1 is 0.338 bits per heavy atom. The van der Waals surface area contributed by atoms with Crippen LogP contribution in [0.25, 0.3) is 95.2 Å². The van der Waals surface area contributed by atoms with Crippen molar-refractivity contribution >= 4 is 16.3 Å². The molecule has 5 heteroatoms. The summed E-state index contributed by atoms with van der Waals surface area (Å²) in [6.45, 7) is 0. The number of pyridine rings is 1. The second-order valence-corrected chi connectivity index (χ2v) is 17.4. The lowest BCUT2D eigenvalue weighted by atomic mass is 9.67. The van der Waals surface area contributed by atoms with E-state index in [0.717, 1.165) is 66.6 Å². The zero-order chi connectivity index (χ0) is 45.0. The lowest BCUT2D eigenvalue weighted by Gasteiger charge is -2.34. The van der Waals surface area contributed by atoms with Gasteiger partial charge in [-0.1, -0.05) is 231 Å². The summed E-state index contributed by atoms with van der Waals surface area (Å²) in [7, 11) is 0. The van der Waals surface area contributed by atoms with Crippen LogP contribution in [0.5, 0.6) is 0 Å². The van der Waals surface area contributed by atoms with Gasteiger partial charge in [0.1, 0.15) is 5.69 Å². The molecule has 0 N–H and O–H groups in total. The maximum atomic E-state index is 5.53. The van der Waals surface area contributed by atoms with Crippen LogP contribution in [-0.2, 0) is 5.41 Å². The highest BCUT2D eigenvalue weighted by Gasteiger charge is 2.46. The SMILES string of the molecule is c1ccc(-c2nc(-c3cccc(-c4nn5c(-c6ccccc6)cc6ccccc6c5c4-c4ccccc4)c3)nc(-c3ccc4c(c3)C(c3ccccc3)(c3ccccc3)c3ccccc3-4)n2)cc1. The first-order valence-corrected chi connectivity index (χ1v) is 23.1. The van der Waals surface area contributed by atoms with Crippen molar-refractivity contribution in [3.05, 3.63) is 271 Å². The van der Waals surface area contributed by atoms with Gasteiger partial charge in [0.15, 0.2) is 17.5 Å². The highest BCUT2D eigenvalue weighted by Crippen LogP contribution is 2.56. The van der Waals surface area contributed by atoms with E-state index >= 15 is 0 Å². The van der Waals surface area contributed by atoms with Gasteiger partial charge < -0.3 is 0 Å². The number of hydrogen-bond acceptors (Lipinski definition) is 4. The van der Waals surface area contributed by atoms with Gasteiger partial charge in [-0.05, 0) is 62.5 Å². The van der Waals surface area contributed by atoms with Crippen molar-refractivity contribution in [2.24, 2.45) is 0 Å². The number of aromatic nitrogens is 5. The molecule has 12 aromatic rings. The molecule has 0 atom stereocenters. The molecule has 0 spiro atoms. The zero-order valence-electron chi connectivity index (χ0n) is 36.9. The fourth-order valence-corrected chi connectivity index (χ4v) is 10.5. The van der Waals surface area contributed by atoms with Crippen molar-refractivity contribution in [2.45, 2.75) is 5.41 Å². The van der Waals surface area contributed by atoms with Gasteiger partial charge in [0.2, 0.25) is 0 Å². The molecule has 13 rings (SSSR count). The van der Waals surface area contributed by atoms with Gasteiger partial charge in [0.25, 0.3) is 0 Å². The van der Waals surface area contributed by atoms with Crippen LogP contribution in [0.2, 0.25) is 0 Å². The Morgan fingerprint density at radius 3 is 1.51 bits per heavy atom. The molecule has 318 valence electrons. The molecular weight excluding hydrogens is 827 g/mol. The van der Waals surface area contributed by atoms with Crippen LogP contribution >= 0.6 is 0 Å². The Kier molecular flexibility index (Phi) is 9.32. The van der Waals surface area contributed by atoms with Crippen LogP contribution in [-0.4, -0.2) is 24.6 Å². The van der Waals surface area contributed by atoms with Crippen LogP contribution < -0.4 is 0 Å². The molecule has 0 radical (unpaired) electrons. The van der Waals surface area contributed by atoms with E-state index in [4.69, 9.17) is 20.1 Å². The normalized spacial score (nSPS) is 12.5. The van der Waals surface area contributed by atoms with Gasteiger partial charge in [-0.25, -0.2) is 19.5 Å². The molecule has 0 amide bonds. The molecule has 3 aromatic heterocycles. The average Bonchev–Trinajstić information content (AvgIpc) is 3.97. The van der Waals surface area contributed by atoms with Crippen LogP contribution in [0.4, 0.5) is 0 Å². The average molecular weight is 868 g/mol. The van der Waals surface area contributed by atoms with Gasteiger partial charge >= 0.3 is 0 Å². The fraction of sp³-hybridized carbons (Fsp3) is 0.0159. The van der Waals surface area contributed by atoms with Crippen LogP contribution in [0.15, 0.2) is 249 Å². The summed E-state index contributed by atoms with van der Waals surface area (Å²) in [6.07, 6.45) is 0. The van der Waals surface area contributed by atoms with E-state index in [1.165, 1.54) is 33.4 Å². The van der Waals surface area contributed by atoms with Gasteiger partial charge in [-0.3, -0.25) is 0 Å². The molecule has 1 aliphatic rings. The molecule has 3 heterocycles. The summed E-state index contributed by atoms with van der Waals surface area (Å²) in [5.74, 6) is 1.79. The molecule has 0 saturated carbocycles. The molecule has 0 aliphatic heterocycles. The second kappa shape index (κ2) is 16.1. The third kappa shape index (κ3) is 6.32. The van der Waals surface area contributed by atoms with E-state index in [1.54, 1.807) is 0 Å².